The molecule has 1 aliphatic heterocycles. The molecule has 1 fully saturated rings. The standard InChI is InChI=1S/C13H16N2O3/c1-8-3-4-11(9(2)5-8)15-10(6-12(16)17)7-14-13(15)18/h3-5,10H,6-7H2,1-2H3,(H,14,18)(H,16,17). The van der Waals surface area contributed by atoms with Gasteiger partial charge in [-0.05, 0) is 25.5 Å². The largest absolute Gasteiger partial charge is 0.481 e. The van der Waals surface area contributed by atoms with Gasteiger partial charge in [-0.3, -0.25) is 9.69 Å². The number of carboxylic acids is 1. The third kappa shape index (κ3) is 2.30. The van der Waals surface area contributed by atoms with Gasteiger partial charge in [-0.15, -0.1) is 0 Å². The number of hydrogen-bond acceptors (Lipinski definition) is 2. The van der Waals surface area contributed by atoms with Crippen LogP contribution >= 0.6 is 0 Å². The van der Waals surface area contributed by atoms with Crippen molar-refractivity contribution in [1.29, 1.82) is 0 Å². The van der Waals surface area contributed by atoms with Gasteiger partial charge in [-0.25, -0.2) is 4.79 Å². The predicted molar refractivity (Wildman–Crippen MR) is 67.8 cm³/mol. The summed E-state index contributed by atoms with van der Waals surface area (Å²) < 4.78 is 0. The van der Waals surface area contributed by atoms with E-state index in [0.717, 1.165) is 16.8 Å². The number of carbonyl (C=O) groups is 2. The number of nitrogens with zero attached hydrogens (tertiary/aromatic N) is 1. The second-order valence-corrected chi connectivity index (χ2v) is 4.60. The van der Waals surface area contributed by atoms with Gasteiger partial charge in [0.15, 0.2) is 0 Å². The summed E-state index contributed by atoms with van der Waals surface area (Å²) in [6, 6.07) is 5.22. The Labute approximate surface area is 105 Å². The van der Waals surface area contributed by atoms with Crippen LogP contribution in [0.3, 0.4) is 0 Å². The van der Waals surface area contributed by atoms with Gasteiger partial charge in [0.05, 0.1) is 12.5 Å². The molecule has 0 radical (unpaired) electrons. The highest BCUT2D eigenvalue weighted by atomic mass is 16.4. The van der Waals surface area contributed by atoms with Crippen molar-refractivity contribution >= 4 is 17.7 Å². The normalized spacial score (nSPS) is 18.9. The third-order valence-corrected chi connectivity index (χ3v) is 3.09. The van der Waals surface area contributed by atoms with Gasteiger partial charge in [0.1, 0.15) is 0 Å². The maximum Gasteiger partial charge on any atom is 0.322 e. The Hall–Kier alpha value is -2.04. The quantitative estimate of drug-likeness (QED) is 0.855. The first-order chi connectivity index (χ1) is 8.49. The Kier molecular flexibility index (Phi) is 3.23. The number of benzene rings is 1. The number of carbonyl (C=O) groups excluding carboxylic acids is 1. The molecule has 1 aromatic rings. The monoisotopic (exact) mass is 248 g/mol. The summed E-state index contributed by atoms with van der Waals surface area (Å²) in [5, 5.41) is 11.6. The SMILES string of the molecule is Cc1ccc(N2C(=O)NCC2CC(=O)O)c(C)c1. The summed E-state index contributed by atoms with van der Waals surface area (Å²) in [4.78, 5) is 24.2. The van der Waals surface area contributed by atoms with E-state index in [0.29, 0.717) is 6.54 Å². The molecular weight excluding hydrogens is 232 g/mol. The molecule has 0 aromatic heterocycles. The number of anilines is 1. The number of aliphatic carboxylic acids is 1. The van der Waals surface area contributed by atoms with Crippen LogP contribution in [0, 0.1) is 13.8 Å². The van der Waals surface area contributed by atoms with E-state index >= 15 is 0 Å². The Morgan fingerprint density at radius 3 is 2.83 bits per heavy atom. The number of urea groups is 1. The van der Waals surface area contributed by atoms with E-state index < -0.39 is 5.97 Å². The molecule has 0 saturated carbocycles. The number of carboxylic acid groups (broad SMARTS) is 1. The van der Waals surface area contributed by atoms with E-state index in [2.05, 4.69) is 5.32 Å². The minimum atomic E-state index is -0.897. The van der Waals surface area contributed by atoms with Crippen molar-refractivity contribution in [3.05, 3.63) is 29.3 Å². The lowest BCUT2D eigenvalue weighted by molar-refractivity contribution is -0.137. The molecular formula is C13H16N2O3. The van der Waals surface area contributed by atoms with Gasteiger partial charge >= 0.3 is 12.0 Å². The molecule has 1 heterocycles. The van der Waals surface area contributed by atoms with E-state index in [4.69, 9.17) is 5.11 Å². The third-order valence-electron chi connectivity index (χ3n) is 3.09. The summed E-state index contributed by atoms with van der Waals surface area (Å²) in [7, 11) is 0. The van der Waals surface area contributed by atoms with Crippen molar-refractivity contribution in [2.24, 2.45) is 0 Å². The van der Waals surface area contributed by atoms with Gasteiger partial charge in [0.2, 0.25) is 0 Å². The first-order valence-electron chi connectivity index (χ1n) is 5.85. The molecule has 5 heteroatoms. The summed E-state index contributed by atoms with van der Waals surface area (Å²) in [5.41, 5.74) is 2.87. The summed E-state index contributed by atoms with van der Waals surface area (Å²) in [5.74, 6) is -0.897. The molecule has 0 aliphatic carbocycles. The van der Waals surface area contributed by atoms with Crippen LogP contribution in [-0.4, -0.2) is 29.7 Å². The van der Waals surface area contributed by atoms with E-state index in [1.165, 1.54) is 0 Å². The number of aryl methyl sites for hydroxylation is 2. The van der Waals surface area contributed by atoms with Gasteiger partial charge in [-0.1, -0.05) is 17.7 Å². The minimum absolute atomic E-state index is 0.0495. The fourth-order valence-electron chi connectivity index (χ4n) is 2.29. The smallest absolute Gasteiger partial charge is 0.322 e. The molecule has 2 rings (SSSR count). The highest BCUT2D eigenvalue weighted by molar-refractivity contribution is 5.96. The highest BCUT2D eigenvalue weighted by Crippen LogP contribution is 2.26. The fourth-order valence-corrected chi connectivity index (χ4v) is 2.29. The molecule has 2 N–H and O–H groups in total. The zero-order valence-corrected chi connectivity index (χ0v) is 10.4. The van der Waals surface area contributed by atoms with Crippen LogP contribution in [0.1, 0.15) is 17.5 Å². The molecule has 5 nitrogen and oxygen atoms in total. The first-order valence-corrected chi connectivity index (χ1v) is 5.85. The summed E-state index contributed by atoms with van der Waals surface area (Å²) in [6.45, 7) is 4.28. The molecule has 1 atom stereocenters. The van der Waals surface area contributed by atoms with Crippen molar-refractivity contribution in [2.75, 3.05) is 11.4 Å². The molecule has 1 aromatic carbocycles. The van der Waals surface area contributed by atoms with Crippen LogP contribution in [0.25, 0.3) is 0 Å². The Balaban J connectivity index is 2.33. The average Bonchev–Trinajstić information content (AvgIpc) is 2.60. The fraction of sp³-hybridized carbons (Fsp3) is 0.385. The molecule has 96 valence electrons. The first kappa shape index (κ1) is 12.4. The minimum Gasteiger partial charge on any atom is -0.481 e. The Morgan fingerprint density at radius 2 is 2.22 bits per heavy atom. The lowest BCUT2D eigenvalue weighted by atomic mass is 10.1. The maximum atomic E-state index is 11.8. The van der Waals surface area contributed by atoms with E-state index in [1.54, 1.807) is 4.90 Å². The molecule has 1 unspecified atom stereocenters. The van der Waals surface area contributed by atoms with Crippen molar-refractivity contribution in [3.63, 3.8) is 0 Å². The van der Waals surface area contributed by atoms with Gasteiger partial charge < -0.3 is 10.4 Å². The zero-order chi connectivity index (χ0) is 13.3. The average molecular weight is 248 g/mol. The van der Waals surface area contributed by atoms with Crippen LogP contribution in [0.2, 0.25) is 0 Å². The highest BCUT2D eigenvalue weighted by Gasteiger charge is 2.34. The number of nitrogens with one attached hydrogen (secondary N) is 1. The maximum absolute atomic E-state index is 11.8. The molecule has 1 aliphatic rings. The van der Waals surface area contributed by atoms with Crippen molar-refractivity contribution < 1.29 is 14.7 Å². The summed E-state index contributed by atoms with van der Waals surface area (Å²) >= 11 is 0. The second kappa shape index (κ2) is 4.68. The molecule has 0 bridgehead atoms. The number of hydrogen-bond donors (Lipinski definition) is 2. The van der Waals surface area contributed by atoms with Gasteiger partial charge in [-0.2, -0.15) is 0 Å². The zero-order valence-electron chi connectivity index (χ0n) is 10.4. The number of rotatable bonds is 3. The Bertz CT molecular complexity index is 499. The van der Waals surface area contributed by atoms with Crippen LogP contribution in [0.5, 0.6) is 0 Å². The van der Waals surface area contributed by atoms with E-state index in [1.807, 2.05) is 32.0 Å². The Morgan fingerprint density at radius 1 is 1.50 bits per heavy atom. The van der Waals surface area contributed by atoms with E-state index in [9.17, 15) is 9.59 Å². The van der Waals surface area contributed by atoms with Crippen LogP contribution in [0.4, 0.5) is 10.5 Å². The van der Waals surface area contributed by atoms with Crippen molar-refractivity contribution in [3.8, 4) is 0 Å². The molecule has 1 saturated heterocycles. The van der Waals surface area contributed by atoms with Crippen LogP contribution < -0.4 is 10.2 Å². The van der Waals surface area contributed by atoms with E-state index in [-0.39, 0.29) is 18.5 Å². The molecule has 2 amide bonds. The van der Waals surface area contributed by atoms with Crippen molar-refractivity contribution in [1.82, 2.24) is 5.32 Å². The summed E-state index contributed by atoms with van der Waals surface area (Å²) in [6.07, 6.45) is -0.0495. The van der Waals surface area contributed by atoms with Gasteiger partial charge in [0, 0.05) is 12.2 Å². The van der Waals surface area contributed by atoms with Gasteiger partial charge in [0.25, 0.3) is 0 Å². The van der Waals surface area contributed by atoms with Crippen LogP contribution in [0.15, 0.2) is 18.2 Å². The predicted octanol–water partition coefficient (Wildman–Crippen LogP) is 1.68. The lowest BCUT2D eigenvalue weighted by Gasteiger charge is -2.23. The topological polar surface area (TPSA) is 69.6 Å². The number of amides is 2. The second-order valence-electron chi connectivity index (χ2n) is 4.60. The molecule has 18 heavy (non-hydrogen) atoms. The van der Waals surface area contributed by atoms with Crippen molar-refractivity contribution in [2.45, 2.75) is 26.3 Å². The lowest BCUT2D eigenvalue weighted by Crippen LogP contribution is -2.36. The molecule has 0 spiro atoms. The van der Waals surface area contributed by atoms with Crippen LogP contribution in [-0.2, 0) is 4.79 Å².